The third-order valence-corrected chi connectivity index (χ3v) is 3.24. The van der Waals surface area contributed by atoms with Crippen LogP contribution in [-0.2, 0) is 0 Å². The van der Waals surface area contributed by atoms with Crippen molar-refractivity contribution in [3.8, 4) is 0 Å². The molecule has 0 bridgehead atoms. The van der Waals surface area contributed by atoms with Gasteiger partial charge in [0.1, 0.15) is 0 Å². The van der Waals surface area contributed by atoms with E-state index in [2.05, 4.69) is 17.1 Å². The summed E-state index contributed by atoms with van der Waals surface area (Å²) in [5.41, 5.74) is 5.98. The van der Waals surface area contributed by atoms with Crippen LogP contribution in [0.5, 0.6) is 0 Å². The van der Waals surface area contributed by atoms with Crippen LogP contribution in [0.3, 0.4) is 0 Å². The van der Waals surface area contributed by atoms with E-state index in [1.165, 1.54) is 19.3 Å². The van der Waals surface area contributed by atoms with E-state index in [0.717, 1.165) is 6.42 Å². The van der Waals surface area contributed by atoms with E-state index in [0.29, 0.717) is 11.6 Å². The Labute approximate surface area is 82.9 Å². The molecule has 1 fully saturated rings. The Hall–Kier alpha value is -1.06. The molecule has 3 N–H and O–H groups in total. The number of nitrogens with zero attached hydrogens (tertiary/aromatic N) is 1. The van der Waals surface area contributed by atoms with Gasteiger partial charge < -0.3 is 5.73 Å². The first-order chi connectivity index (χ1) is 6.70. The van der Waals surface area contributed by atoms with Crippen LogP contribution in [0, 0.1) is 11.7 Å². The summed E-state index contributed by atoms with van der Waals surface area (Å²) in [4.78, 5) is 0. The SMILES string of the molecule is CC1CCCCC1c1[nH]nc(N)c1F. The lowest BCUT2D eigenvalue weighted by atomic mass is 9.78. The molecule has 1 aliphatic rings. The summed E-state index contributed by atoms with van der Waals surface area (Å²) in [6.07, 6.45) is 4.64. The van der Waals surface area contributed by atoms with Gasteiger partial charge in [0.05, 0.1) is 5.69 Å². The fourth-order valence-corrected chi connectivity index (χ4v) is 2.35. The molecular formula is C10H16FN3. The lowest BCUT2D eigenvalue weighted by Gasteiger charge is -2.27. The molecule has 2 unspecified atom stereocenters. The third kappa shape index (κ3) is 1.49. The number of H-pyrrole nitrogens is 1. The molecule has 2 atom stereocenters. The molecule has 0 saturated heterocycles. The lowest BCUT2D eigenvalue weighted by molar-refractivity contribution is 0.318. The quantitative estimate of drug-likeness (QED) is 0.726. The van der Waals surface area contributed by atoms with Gasteiger partial charge in [0.15, 0.2) is 11.6 Å². The van der Waals surface area contributed by atoms with E-state index in [9.17, 15) is 4.39 Å². The number of aromatic amines is 1. The molecule has 0 amide bonds. The summed E-state index contributed by atoms with van der Waals surface area (Å²) in [5, 5.41) is 6.43. The summed E-state index contributed by atoms with van der Waals surface area (Å²) in [6.45, 7) is 2.17. The fourth-order valence-electron chi connectivity index (χ4n) is 2.35. The van der Waals surface area contributed by atoms with Crippen molar-refractivity contribution in [1.29, 1.82) is 0 Å². The molecule has 0 aliphatic heterocycles. The minimum atomic E-state index is -0.344. The number of hydrogen-bond acceptors (Lipinski definition) is 2. The van der Waals surface area contributed by atoms with Gasteiger partial charge in [-0.1, -0.05) is 26.2 Å². The highest BCUT2D eigenvalue weighted by Crippen LogP contribution is 2.38. The number of halogens is 1. The molecule has 2 rings (SSSR count). The zero-order chi connectivity index (χ0) is 10.1. The van der Waals surface area contributed by atoms with Crippen LogP contribution in [0.2, 0.25) is 0 Å². The second-order valence-corrected chi connectivity index (χ2v) is 4.20. The van der Waals surface area contributed by atoms with Crippen molar-refractivity contribution in [2.45, 2.75) is 38.5 Å². The van der Waals surface area contributed by atoms with Crippen molar-refractivity contribution in [3.63, 3.8) is 0 Å². The van der Waals surface area contributed by atoms with Crippen molar-refractivity contribution >= 4 is 5.82 Å². The first-order valence-corrected chi connectivity index (χ1v) is 5.19. The molecule has 1 aliphatic carbocycles. The first kappa shape index (κ1) is 9.49. The second-order valence-electron chi connectivity index (χ2n) is 4.20. The highest BCUT2D eigenvalue weighted by atomic mass is 19.1. The number of hydrogen-bond donors (Lipinski definition) is 2. The molecule has 1 aromatic rings. The summed E-state index contributed by atoms with van der Waals surface area (Å²) in [6, 6.07) is 0. The predicted molar refractivity (Wildman–Crippen MR) is 53.3 cm³/mol. The molecule has 4 heteroatoms. The van der Waals surface area contributed by atoms with Crippen LogP contribution in [0.15, 0.2) is 0 Å². The Balaban J connectivity index is 2.24. The number of aromatic nitrogens is 2. The maximum Gasteiger partial charge on any atom is 0.188 e. The zero-order valence-corrected chi connectivity index (χ0v) is 8.39. The Kier molecular flexibility index (Phi) is 2.44. The van der Waals surface area contributed by atoms with Gasteiger partial charge in [-0.2, -0.15) is 5.10 Å². The molecule has 0 spiro atoms. The molecule has 1 aromatic heterocycles. The average Bonchev–Trinajstić information content (AvgIpc) is 2.49. The molecule has 0 radical (unpaired) electrons. The van der Waals surface area contributed by atoms with Crippen molar-refractivity contribution in [1.82, 2.24) is 10.2 Å². The van der Waals surface area contributed by atoms with Gasteiger partial charge in [0.2, 0.25) is 0 Å². The Morgan fingerprint density at radius 3 is 2.71 bits per heavy atom. The number of nitrogen functional groups attached to an aromatic ring is 1. The summed E-state index contributed by atoms with van der Waals surface area (Å²) < 4.78 is 13.5. The van der Waals surface area contributed by atoms with Gasteiger partial charge in [-0.15, -0.1) is 0 Å². The smallest absolute Gasteiger partial charge is 0.188 e. The predicted octanol–water partition coefficient (Wildman–Crippen LogP) is 2.42. The minimum absolute atomic E-state index is 0.00206. The van der Waals surface area contributed by atoms with Crippen LogP contribution in [-0.4, -0.2) is 10.2 Å². The normalized spacial score (nSPS) is 27.9. The van der Waals surface area contributed by atoms with Gasteiger partial charge in [-0.05, 0) is 12.3 Å². The second kappa shape index (κ2) is 3.59. The summed E-state index contributed by atoms with van der Waals surface area (Å²) in [5.74, 6) is 0.452. The van der Waals surface area contributed by atoms with Crippen LogP contribution in [0.4, 0.5) is 10.2 Å². The number of nitrogens with one attached hydrogen (secondary N) is 1. The van der Waals surface area contributed by atoms with E-state index >= 15 is 0 Å². The third-order valence-electron chi connectivity index (χ3n) is 3.24. The topological polar surface area (TPSA) is 54.7 Å². The van der Waals surface area contributed by atoms with Gasteiger partial charge in [-0.3, -0.25) is 5.10 Å². The van der Waals surface area contributed by atoms with Gasteiger partial charge in [-0.25, -0.2) is 4.39 Å². The van der Waals surface area contributed by atoms with E-state index in [4.69, 9.17) is 5.73 Å². The Morgan fingerprint density at radius 1 is 1.43 bits per heavy atom. The van der Waals surface area contributed by atoms with Crippen LogP contribution in [0.1, 0.15) is 44.2 Å². The number of nitrogens with two attached hydrogens (primary N) is 1. The molecule has 78 valence electrons. The minimum Gasteiger partial charge on any atom is -0.380 e. The average molecular weight is 197 g/mol. The first-order valence-electron chi connectivity index (χ1n) is 5.19. The Bertz CT molecular complexity index is 321. The van der Waals surface area contributed by atoms with Gasteiger partial charge in [0, 0.05) is 5.92 Å². The summed E-state index contributed by atoms with van der Waals surface area (Å²) in [7, 11) is 0. The molecule has 3 nitrogen and oxygen atoms in total. The maximum absolute atomic E-state index is 13.5. The Morgan fingerprint density at radius 2 is 2.14 bits per heavy atom. The van der Waals surface area contributed by atoms with Crippen LogP contribution >= 0.6 is 0 Å². The van der Waals surface area contributed by atoms with Crippen molar-refractivity contribution in [2.24, 2.45) is 5.92 Å². The van der Waals surface area contributed by atoms with E-state index in [1.807, 2.05) is 0 Å². The monoisotopic (exact) mass is 197 g/mol. The van der Waals surface area contributed by atoms with Crippen molar-refractivity contribution in [3.05, 3.63) is 11.5 Å². The van der Waals surface area contributed by atoms with Gasteiger partial charge >= 0.3 is 0 Å². The van der Waals surface area contributed by atoms with E-state index in [-0.39, 0.29) is 17.6 Å². The molecule has 0 aromatic carbocycles. The number of anilines is 1. The summed E-state index contributed by atoms with van der Waals surface area (Å²) >= 11 is 0. The highest BCUT2D eigenvalue weighted by molar-refractivity contribution is 5.33. The number of rotatable bonds is 1. The van der Waals surface area contributed by atoms with E-state index in [1.54, 1.807) is 0 Å². The molecular weight excluding hydrogens is 181 g/mol. The zero-order valence-electron chi connectivity index (χ0n) is 8.39. The fraction of sp³-hybridized carbons (Fsp3) is 0.700. The van der Waals surface area contributed by atoms with Crippen molar-refractivity contribution in [2.75, 3.05) is 5.73 Å². The molecule has 14 heavy (non-hydrogen) atoms. The molecule has 1 saturated carbocycles. The molecule has 1 heterocycles. The van der Waals surface area contributed by atoms with Crippen LogP contribution < -0.4 is 5.73 Å². The highest BCUT2D eigenvalue weighted by Gasteiger charge is 2.27. The standard InChI is InChI=1S/C10H16FN3/c1-6-4-2-3-5-7(6)9-8(11)10(12)14-13-9/h6-7H,2-5H2,1H3,(H3,12,13,14). The maximum atomic E-state index is 13.5. The van der Waals surface area contributed by atoms with Crippen LogP contribution in [0.25, 0.3) is 0 Å². The van der Waals surface area contributed by atoms with Crippen molar-refractivity contribution < 1.29 is 4.39 Å². The van der Waals surface area contributed by atoms with E-state index < -0.39 is 0 Å². The largest absolute Gasteiger partial charge is 0.380 e. The lowest BCUT2D eigenvalue weighted by Crippen LogP contribution is -2.16. The van der Waals surface area contributed by atoms with Gasteiger partial charge in [0.25, 0.3) is 0 Å².